The number of amides is 2. The van der Waals surface area contributed by atoms with Gasteiger partial charge in [-0.15, -0.1) is 0 Å². The number of hydrogen-bond donors (Lipinski definition) is 2. The first kappa shape index (κ1) is 39.8. The summed E-state index contributed by atoms with van der Waals surface area (Å²) in [6.45, 7) is 0. The number of imidazole rings is 2. The van der Waals surface area contributed by atoms with Crippen LogP contribution in [0.5, 0.6) is 0 Å². The number of fused-ring (bicyclic) bond motifs is 1. The van der Waals surface area contributed by atoms with E-state index in [4.69, 9.17) is 11.5 Å². The van der Waals surface area contributed by atoms with Crippen molar-refractivity contribution in [2.45, 2.75) is 0 Å². The maximum Gasteiger partial charge on any atom is 2.00 e. The van der Waals surface area contributed by atoms with E-state index in [1.54, 1.807) is 6.20 Å². The SMILES string of the molecule is COC([NH-])=O.COC([NH-])=O.O=[C-]Pc1ncc(-c2ccc(-c3ccc(C#Cc4ccc5nc(P[C-]=O)[nH]c5c4)cc3)cc2)[nH]1.[V+2].[V+2]. The van der Waals surface area contributed by atoms with Crippen LogP contribution < -0.4 is 11.1 Å². The molecule has 2 amide bonds. The molecule has 5 rings (SSSR count). The van der Waals surface area contributed by atoms with Crippen LogP contribution in [-0.4, -0.2) is 58.4 Å². The van der Waals surface area contributed by atoms with Gasteiger partial charge in [-0.2, -0.15) is 17.2 Å². The third-order valence-corrected chi connectivity index (χ3v) is 6.70. The minimum atomic E-state index is -0.995. The minimum absolute atomic E-state index is 0. The fourth-order valence-electron chi connectivity index (χ4n) is 3.51. The number of aromatic amines is 2. The first-order chi connectivity index (χ1) is 21.3. The molecule has 0 saturated heterocycles. The molecule has 0 bridgehead atoms. The van der Waals surface area contributed by atoms with Crippen LogP contribution in [0.4, 0.5) is 9.59 Å². The summed E-state index contributed by atoms with van der Waals surface area (Å²) in [6, 6.07) is 25.8. The summed E-state index contributed by atoms with van der Waals surface area (Å²) >= 11 is 0. The molecule has 2 aromatic heterocycles. The molecule has 0 aliphatic heterocycles. The standard InChI is InChI=1S/C26H16N4O2P2.2C2H5NO2.2V/c31-15-33-25-27-14-24(30-25)21-10-8-20(9-11-21)19-6-3-17(4-7-19)1-2-18-5-12-22-23(13-18)29-26(28-22)34-16-32;2*1-5-2(3)4;;/h3-14,33-34H,(H,27,30)(H,28,29);2*1H3,(H2,3,4);;/q-2;;;2*+2/p-2. The zero-order chi connectivity index (χ0) is 31.9. The summed E-state index contributed by atoms with van der Waals surface area (Å²) < 4.78 is 7.56. The second-order valence-electron chi connectivity index (χ2n) is 8.30. The van der Waals surface area contributed by atoms with Gasteiger partial charge in [0.2, 0.25) is 12.2 Å². The normalized spacial score (nSPS) is 9.78. The Morgan fingerprint density at radius 1 is 0.739 bits per heavy atom. The Labute approximate surface area is 291 Å². The minimum Gasteiger partial charge on any atom is -0.632 e. The van der Waals surface area contributed by atoms with Gasteiger partial charge in [-0.1, -0.05) is 48.2 Å². The molecule has 0 aliphatic rings. The largest absolute Gasteiger partial charge is 2.00 e. The molecule has 0 saturated carbocycles. The van der Waals surface area contributed by atoms with E-state index < -0.39 is 12.2 Å². The summed E-state index contributed by atoms with van der Waals surface area (Å²) in [5.41, 5.74) is 20.7. The van der Waals surface area contributed by atoms with Gasteiger partial charge in [-0.3, -0.25) is 9.59 Å². The van der Waals surface area contributed by atoms with E-state index in [0.717, 1.165) is 58.8 Å². The molecule has 2 radical (unpaired) electrons. The topological polar surface area (TPSA) is 192 Å². The van der Waals surface area contributed by atoms with Gasteiger partial charge in [0.15, 0.2) is 0 Å². The summed E-state index contributed by atoms with van der Waals surface area (Å²) in [4.78, 5) is 54.5. The maximum absolute atomic E-state index is 10.6. The van der Waals surface area contributed by atoms with Crippen LogP contribution in [0.2, 0.25) is 0 Å². The number of rotatable bonds is 6. The quantitative estimate of drug-likeness (QED) is 0.133. The van der Waals surface area contributed by atoms with Crippen molar-refractivity contribution in [2.75, 3.05) is 14.2 Å². The second kappa shape index (κ2) is 20.8. The predicted octanol–water partition coefficient (Wildman–Crippen LogP) is 5.37. The number of ether oxygens (including phenoxy) is 2. The molecule has 0 fully saturated rings. The molecule has 2 heterocycles. The molecule has 0 aliphatic carbocycles. The third-order valence-electron chi connectivity index (χ3n) is 5.53. The summed E-state index contributed by atoms with van der Waals surface area (Å²) in [7, 11) is 2.14. The van der Waals surface area contributed by atoms with Gasteiger partial charge in [-0.25, -0.2) is 22.0 Å². The summed E-state index contributed by atoms with van der Waals surface area (Å²) in [5.74, 6) is 6.38. The molecule has 16 heteroatoms. The second-order valence-corrected chi connectivity index (χ2v) is 10.2. The number of methoxy groups -OCH3 is 2. The number of carbonyl (C=O) groups excluding carboxylic acids is 4. The van der Waals surface area contributed by atoms with Crippen molar-refractivity contribution in [3.63, 3.8) is 0 Å². The average Bonchev–Trinajstić information content (AvgIpc) is 3.68. The number of hydrogen-bond acceptors (Lipinski definition) is 8. The van der Waals surface area contributed by atoms with Crippen LogP contribution in [0.3, 0.4) is 0 Å². The van der Waals surface area contributed by atoms with Crippen LogP contribution >= 0.6 is 17.2 Å². The molecule has 46 heavy (non-hydrogen) atoms. The number of benzene rings is 3. The van der Waals surface area contributed by atoms with Gasteiger partial charge in [-0.05, 0) is 47.0 Å². The van der Waals surface area contributed by atoms with E-state index in [1.165, 1.54) is 0 Å². The van der Waals surface area contributed by atoms with Crippen molar-refractivity contribution in [3.05, 3.63) is 95.5 Å². The van der Waals surface area contributed by atoms with Gasteiger partial charge < -0.3 is 40.5 Å². The van der Waals surface area contributed by atoms with Gasteiger partial charge in [0.05, 0.1) is 48.3 Å². The van der Waals surface area contributed by atoms with Crippen molar-refractivity contribution in [3.8, 4) is 34.2 Å². The molecule has 2 atom stereocenters. The van der Waals surface area contributed by atoms with Crippen molar-refractivity contribution in [2.24, 2.45) is 0 Å². The number of nitrogens with zero attached hydrogens (tertiary/aromatic N) is 2. The fourth-order valence-corrected chi connectivity index (χ4v) is 4.40. The Bertz CT molecular complexity index is 1790. The van der Waals surface area contributed by atoms with Crippen molar-refractivity contribution >= 4 is 63.6 Å². The van der Waals surface area contributed by atoms with Crippen LogP contribution in [0.15, 0.2) is 72.9 Å². The van der Waals surface area contributed by atoms with E-state index in [9.17, 15) is 19.2 Å². The summed E-state index contributed by atoms with van der Waals surface area (Å²) in [5, 5.41) is 0. The van der Waals surface area contributed by atoms with E-state index >= 15 is 0 Å². The maximum atomic E-state index is 10.6. The average molecular weight is 728 g/mol. The third kappa shape index (κ3) is 12.7. The van der Waals surface area contributed by atoms with Gasteiger partial charge in [0, 0.05) is 11.1 Å². The monoisotopic (exact) mass is 728 g/mol. The smallest absolute Gasteiger partial charge is 0.632 e. The van der Waals surface area contributed by atoms with Gasteiger partial charge in [0.25, 0.3) is 0 Å². The molecule has 0 spiro atoms. The summed E-state index contributed by atoms with van der Waals surface area (Å²) in [6.07, 6.45) is -0.259. The zero-order valence-corrected chi connectivity index (χ0v) is 29.0. The first-order valence-electron chi connectivity index (χ1n) is 12.4. The Kier molecular flexibility index (Phi) is 18.0. The predicted molar refractivity (Wildman–Crippen MR) is 172 cm³/mol. The molecular weight excluding hydrogens is 704 g/mol. The van der Waals surface area contributed by atoms with E-state index in [1.807, 2.05) is 54.5 Å². The molecule has 5 aromatic rings. The number of carbonyl (C=O) groups is 2. The molecule has 4 N–H and O–H groups in total. The Morgan fingerprint density at radius 3 is 1.76 bits per heavy atom. The van der Waals surface area contributed by atoms with Crippen molar-refractivity contribution < 1.29 is 65.8 Å². The Balaban J connectivity index is 0.000000773. The van der Waals surface area contributed by atoms with Crippen LogP contribution in [0, 0.1) is 11.8 Å². The van der Waals surface area contributed by atoms with Gasteiger partial charge in [0.1, 0.15) is 0 Å². The van der Waals surface area contributed by atoms with Crippen molar-refractivity contribution in [1.29, 1.82) is 0 Å². The van der Waals surface area contributed by atoms with E-state index in [0.29, 0.717) is 11.1 Å². The number of H-pyrrole nitrogens is 2. The van der Waals surface area contributed by atoms with Crippen LogP contribution in [-0.2, 0) is 56.2 Å². The molecule has 230 valence electrons. The molecular formula is C30H24N6O6P2V2. The molecule has 2 unspecified atom stereocenters. The number of aromatic nitrogens is 4. The fraction of sp³-hybridized carbons (Fsp3) is 0.0667. The van der Waals surface area contributed by atoms with E-state index in [2.05, 4.69) is 65.5 Å². The zero-order valence-electron chi connectivity index (χ0n) is 24.2. The Morgan fingerprint density at radius 2 is 1.22 bits per heavy atom. The van der Waals surface area contributed by atoms with Crippen LogP contribution in [0.25, 0.3) is 44.9 Å². The van der Waals surface area contributed by atoms with E-state index in [-0.39, 0.29) is 54.3 Å². The van der Waals surface area contributed by atoms with Gasteiger partial charge >= 0.3 is 37.1 Å². The first-order valence-corrected chi connectivity index (χ1v) is 14.4. The number of nitrogens with one attached hydrogen (secondary N) is 4. The van der Waals surface area contributed by atoms with Crippen LogP contribution in [0.1, 0.15) is 11.1 Å². The molecule has 3 aromatic carbocycles. The Hall–Kier alpha value is -4.19. The van der Waals surface area contributed by atoms with Crippen molar-refractivity contribution in [1.82, 2.24) is 19.9 Å². The molecule has 12 nitrogen and oxygen atoms in total.